The van der Waals surface area contributed by atoms with Gasteiger partial charge in [0, 0.05) is 12.6 Å². The Labute approximate surface area is 154 Å². The highest BCUT2D eigenvalue weighted by Crippen LogP contribution is 2.37. The summed E-state index contributed by atoms with van der Waals surface area (Å²) in [5.41, 5.74) is 2.67. The monoisotopic (exact) mass is 355 g/mol. The fourth-order valence-electron chi connectivity index (χ4n) is 2.45. The fraction of sp³-hybridized carbons (Fsp3) is 0.455. The molecular formula is C22H33NOSi. The van der Waals surface area contributed by atoms with E-state index in [0.717, 1.165) is 18.7 Å². The average Bonchev–Trinajstić information content (AvgIpc) is 2.54. The van der Waals surface area contributed by atoms with Gasteiger partial charge in [-0.2, -0.15) is 0 Å². The van der Waals surface area contributed by atoms with Crippen LogP contribution in [0.1, 0.15) is 38.8 Å². The molecule has 25 heavy (non-hydrogen) atoms. The van der Waals surface area contributed by atoms with Crippen molar-refractivity contribution in [2.75, 3.05) is 0 Å². The van der Waals surface area contributed by atoms with E-state index in [9.17, 15) is 0 Å². The summed E-state index contributed by atoms with van der Waals surface area (Å²) in [5, 5.41) is 3.82. The van der Waals surface area contributed by atoms with Crippen molar-refractivity contribution in [1.29, 1.82) is 0 Å². The van der Waals surface area contributed by atoms with Crippen LogP contribution in [0.5, 0.6) is 5.75 Å². The summed E-state index contributed by atoms with van der Waals surface area (Å²) in [6.45, 7) is 14.5. The summed E-state index contributed by atoms with van der Waals surface area (Å²) in [5.74, 6) is 1.00. The van der Waals surface area contributed by atoms with E-state index in [1.54, 1.807) is 0 Å². The Hall–Kier alpha value is -1.58. The van der Waals surface area contributed by atoms with Crippen LogP contribution >= 0.6 is 0 Å². The van der Waals surface area contributed by atoms with Crippen molar-refractivity contribution in [3.63, 3.8) is 0 Å². The van der Waals surface area contributed by atoms with Gasteiger partial charge < -0.3 is 9.74 Å². The van der Waals surface area contributed by atoms with E-state index in [1.165, 1.54) is 11.1 Å². The Balaban J connectivity index is 1.87. The SMILES string of the molecule is C[C@H](Cc1ccc(O[Si](C)(C)C(C)(C)C)cc1)NCc1ccccc1. The van der Waals surface area contributed by atoms with E-state index in [1.807, 2.05) is 0 Å². The first-order chi connectivity index (χ1) is 11.7. The van der Waals surface area contributed by atoms with Gasteiger partial charge in [-0.05, 0) is 54.7 Å². The van der Waals surface area contributed by atoms with Crippen LogP contribution in [0.3, 0.4) is 0 Å². The molecule has 0 saturated heterocycles. The molecule has 0 aliphatic carbocycles. The highest BCUT2D eigenvalue weighted by atomic mass is 28.4. The van der Waals surface area contributed by atoms with Crippen molar-refractivity contribution >= 4 is 8.32 Å². The second-order valence-electron chi connectivity index (χ2n) is 8.48. The molecule has 0 bridgehead atoms. The summed E-state index contributed by atoms with van der Waals surface area (Å²) in [7, 11) is -1.76. The molecule has 2 aromatic carbocycles. The van der Waals surface area contributed by atoms with Crippen LogP contribution < -0.4 is 9.74 Å². The topological polar surface area (TPSA) is 21.3 Å². The van der Waals surface area contributed by atoms with Crippen molar-refractivity contribution in [2.24, 2.45) is 0 Å². The van der Waals surface area contributed by atoms with Gasteiger partial charge in [-0.25, -0.2) is 0 Å². The van der Waals surface area contributed by atoms with Crippen LogP contribution in [0, 0.1) is 0 Å². The third-order valence-electron chi connectivity index (χ3n) is 5.14. The predicted octanol–water partition coefficient (Wildman–Crippen LogP) is 5.79. The van der Waals surface area contributed by atoms with Crippen LogP contribution in [0.15, 0.2) is 54.6 Å². The molecule has 0 amide bonds. The number of rotatable bonds is 7. The Morgan fingerprint density at radius 3 is 2.08 bits per heavy atom. The number of hydrogen-bond acceptors (Lipinski definition) is 2. The molecule has 2 rings (SSSR count). The molecule has 0 aliphatic heterocycles. The predicted molar refractivity (Wildman–Crippen MR) is 111 cm³/mol. The van der Waals surface area contributed by atoms with Crippen molar-refractivity contribution < 1.29 is 4.43 Å². The smallest absolute Gasteiger partial charge is 0.250 e. The molecule has 2 nitrogen and oxygen atoms in total. The average molecular weight is 356 g/mol. The lowest BCUT2D eigenvalue weighted by Crippen LogP contribution is -2.43. The summed E-state index contributed by atoms with van der Waals surface area (Å²) in [4.78, 5) is 0. The standard InChI is InChI=1S/C22H33NOSi/c1-18(23-17-20-10-8-7-9-11-20)16-19-12-14-21(15-13-19)24-25(5,6)22(2,3)4/h7-15,18,23H,16-17H2,1-6H3/t18-/m1/s1. The minimum Gasteiger partial charge on any atom is -0.544 e. The molecule has 3 heteroatoms. The summed E-state index contributed by atoms with van der Waals surface area (Å²) in [6.07, 6.45) is 1.02. The molecule has 0 radical (unpaired) electrons. The Bertz CT molecular complexity index is 644. The van der Waals surface area contributed by atoms with Gasteiger partial charge in [0.25, 0.3) is 0 Å². The first-order valence-electron chi connectivity index (χ1n) is 9.23. The van der Waals surface area contributed by atoms with Gasteiger partial charge in [0.2, 0.25) is 8.32 Å². The normalized spacial score (nSPS) is 13.5. The summed E-state index contributed by atoms with van der Waals surface area (Å²) >= 11 is 0. The minimum absolute atomic E-state index is 0.224. The second kappa shape index (κ2) is 8.20. The lowest BCUT2D eigenvalue weighted by atomic mass is 10.1. The Morgan fingerprint density at radius 2 is 1.52 bits per heavy atom. The first-order valence-corrected chi connectivity index (χ1v) is 12.1. The molecule has 0 unspecified atom stereocenters. The van der Waals surface area contributed by atoms with Crippen LogP contribution in [0.25, 0.3) is 0 Å². The molecule has 1 N–H and O–H groups in total. The highest BCUT2D eigenvalue weighted by molar-refractivity contribution is 6.74. The van der Waals surface area contributed by atoms with Crippen LogP contribution in [0.4, 0.5) is 0 Å². The highest BCUT2D eigenvalue weighted by Gasteiger charge is 2.38. The zero-order chi connectivity index (χ0) is 18.5. The van der Waals surface area contributed by atoms with Gasteiger partial charge in [0.1, 0.15) is 5.75 Å². The lowest BCUT2D eigenvalue weighted by Gasteiger charge is -2.36. The Morgan fingerprint density at radius 1 is 0.920 bits per heavy atom. The zero-order valence-corrected chi connectivity index (χ0v) is 17.6. The van der Waals surface area contributed by atoms with Crippen molar-refractivity contribution in [3.8, 4) is 5.75 Å². The lowest BCUT2D eigenvalue weighted by molar-refractivity contribution is 0.491. The van der Waals surface area contributed by atoms with Crippen LogP contribution in [-0.4, -0.2) is 14.4 Å². The molecule has 0 fully saturated rings. The fourth-order valence-corrected chi connectivity index (χ4v) is 3.49. The number of hydrogen-bond donors (Lipinski definition) is 1. The van der Waals surface area contributed by atoms with Gasteiger partial charge >= 0.3 is 0 Å². The molecule has 0 spiro atoms. The van der Waals surface area contributed by atoms with Crippen molar-refractivity contribution in [1.82, 2.24) is 5.32 Å². The van der Waals surface area contributed by atoms with E-state index in [-0.39, 0.29) is 5.04 Å². The van der Waals surface area contributed by atoms with E-state index in [2.05, 4.69) is 101 Å². The van der Waals surface area contributed by atoms with E-state index in [4.69, 9.17) is 4.43 Å². The quantitative estimate of drug-likeness (QED) is 0.635. The maximum atomic E-state index is 6.35. The molecule has 1 atom stereocenters. The van der Waals surface area contributed by atoms with Crippen molar-refractivity contribution in [2.45, 2.75) is 64.8 Å². The molecule has 0 aromatic heterocycles. The first kappa shape index (κ1) is 19.7. The second-order valence-corrected chi connectivity index (χ2v) is 13.2. The molecule has 0 heterocycles. The van der Waals surface area contributed by atoms with Gasteiger partial charge in [0.15, 0.2) is 0 Å². The minimum atomic E-state index is -1.76. The number of benzene rings is 2. The van der Waals surface area contributed by atoms with Gasteiger partial charge in [-0.15, -0.1) is 0 Å². The van der Waals surface area contributed by atoms with E-state index in [0.29, 0.717) is 6.04 Å². The van der Waals surface area contributed by atoms with E-state index >= 15 is 0 Å². The largest absolute Gasteiger partial charge is 0.544 e. The summed E-state index contributed by atoms with van der Waals surface area (Å²) in [6, 6.07) is 19.6. The number of nitrogens with one attached hydrogen (secondary N) is 1. The van der Waals surface area contributed by atoms with Gasteiger partial charge in [-0.1, -0.05) is 63.2 Å². The maximum absolute atomic E-state index is 6.35. The maximum Gasteiger partial charge on any atom is 0.250 e. The van der Waals surface area contributed by atoms with Crippen molar-refractivity contribution in [3.05, 3.63) is 65.7 Å². The molecule has 136 valence electrons. The third-order valence-corrected chi connectivity index (χ3v) is 9.50. The van der Waals surface area contributed by atoms with Crippen LogP contribution in [0.2, 0.25) is 18.1 Å². The molecule has 0 saturated carbocycles. The third kappa shape index (κ3) is 6.01. The molecule has 0 aliphatic rings. The van der Waals surface area contributed by atoms with Gasteiger partial charge in [-0.3, -0.25) is 0 Å². The van der Waals surface area contributed by atoms with Gasteiger partial charge in [0.05, 0.1) is 0 Å². The molecule has 2 aromatic rings. The van der Waals surface area contributed by atoms with Crippen LogP contribution in [-0.2, 0) is 13.0 Å². The zero-order valence-electron chi connectivity index (χ0n) is 16.6. The Kier molecular flexibility index (Phi) is 6.47. The summed E-state index contributed by atoms with van der Waals surface area (Å²) < 4.78 is 6.35. The van der Waals surface area contributed by atoms with E-state index < -0.39 is 8.32 Å². The molecular weight excluding hydrogens is 322 g/mol.